The quantitative estimate of drug-likeness (QED) is 0.695. The predicted molar refractivity (Wildman–Crippen MR) is 81.6 cm³/mol. The third kappa shape index (κ3) is 3.93. The lowest BCUT2D eigenvalue weighted by Crippen LogP contribution is -2.13. The number of nitrogens with one attached hydrogen (secondary N) is 1. The number of hydrogen-bond acceptors (Lipinski definition) is 3. The molecule has 0 aromatic heterocycles. The smallest absolute Gasteiger partial charge is 0.266 e. The first-order valence-corrected chi connectivity index (χ1v) is 6.45. The number of nitriles is 1. The molecule has 0 aliphatic carbocycles. The maximum atomic E-state index is 12.8. The fourth-order valence-electron chi connectivity index (χ4n) is 1.75. The zero-order valence-corrected chi connectivity index (χ0v) is 11.8. The van der Waals surface area contributed by atoms with Crippen molar-refractivity contribution in [3.05, 3.63) is 65.5 Å². The number of methoxy groups -OCH3 is 1. The Morgan fingerprint density at radius 1 is 1.18 bits per heavy atom. The fraction of sp³-hybridized carbons (Fsp3) is 0.0588. The third-order valence-corrected chi connectivity index (χ3v) is 2.89. The number of rotatable bonds is 4. The van der Waals surface area contributed by atoms with E-state index in [1.54, 1.807) is 31.4 Å². The first-order chi connectivity index (χ1) is 10.6. The molecule has 0 unspecified atom stereocenters. The first-order valence-electron chi connectivity index (χ1n) is 6.45. The molecule has 1 amide bonds. The van der Waals surface area contributed by atoms with E-state index in [2.05, 4.69) is 5.32 Å². The Kier molecular flexibility index (Phi) is 4.89. The Labute approximate surface area is 127 Å². The van der Waals surface area contributed by atoms with E-state index in [9.17, 15) is 9.18 Å². The second kappa shape index (κ2) is 7.04. The molecule has 22 heavy (non-hydrogen) atoms. The standard InChI is InChI=1S/C17H13FN2O2/c1-22-16-8-6-15(7-9-16)20-17(21)13(11-19)10-12-2-4-14(18)5-3-12/h2-10H,1H3,(H,20,21)/b13-10+. The van der Waals surface area contributed by atoms with Crippen molar-refractivity contribution in [1.82, 2.24) is 0 Å². The minimum absolute atomic E-state index is 0.0672. The molecule has 0 radical (unpaired) electrons. The first kappa shape index (κ1) is 15.3. The molecule has 2 aromatic rings. The van der Waals surface area contributed by atoms with E-state index in [0.29, 0.717) is 17.0 Å². The molecule has 0 bridgehead atoms. The molecule has 1 N–H and O–H groups in total. The molecule has 0 heterocycles. The highest BCUT2D eigenvalue weighted by molar-refractivity contribution is 6.09. The van der Waals surface area contributed by atoms with E-state index >= 15 is 0 Å². The van der Waals surface area contributed by atoms with Crippen LogP contribution in [0.2, 0.25) is 0 Å². The molecular formula is C17H13FN2O2. The minimum Gasteiger partial charge on any atom is -0.497 e. The summed E-state index contributed by atoms with van der Waals surface area (Å²) in [7, 11) is 1.55. The van der Waals surface area contributed by atoms with Crippen LogP contribution in [0.25, 0.3) is 6.08 Å². The average Bonchev–Trinajstić information content (AvgIpc) is 2.55. The van der Waals surface area contributed by atoms with E-state index < -0.39 is 5.91 Å². The molecule has 4 nitrogen and oxygen atoms in total. The van der Waals surface area contributed by atoms with Gasteiger partial charge in [0, 0.05) is 5.69 Å². The number of carbonyl (C=O) groups excluding carboxylic acids is 1. The maximum absolute atomic E-state index is 12.8. The van der Waals surface area contributed by atoms with Crippen molar-refractivity contribution >= 4 is 17.7 Å². The lowest BCUT2D eigenvalue weighted by molar-refractivity contribution is -0.112. The van der Waals surface area contributed by atoms with Crippen molar-refractivity contribution in [1.29, 1.82) is 5.26 Å². The summed E-state index contributed by atoms with van der Waals surface area (Å²) in [4.78, 5) is 12.1. The van der Waals surface area contributed by atoms with Gasteiger partial charge in [0.15, 0.2) is 0 Å². The highest BCUT2D eigenvalue weighted by Gasteiger charge is 2.09. The zero-order valence-electron chi connectivity index (χ0n) is 11.8. The van der Waals surface area contributed by atoms with Crippen molar-refractivity contribution in [2.75, 3.05) is 12.4 Å². The fourth-order valence-corrected chi connectivity index (χ4v) is 1.75. The third-order valence-electron chi connectivity index (χ3n) is 2.89. The van der Waals surface area contributed by atoms with Crippen LogP contribution in [-0.4, -0.2) is 13.0 Å². The van der Waals surface area contributed by atoms with Crippen molar-refractivity contribution in [3.63, 3.8) is 0 Å². The Morgan fingerprint density at radius 3 is 2.36 bits per heavy atom. The topological polar surface area (TPSA) is 62.1 Å². The lowest BCUT2D eigenvalue weighted by Gasteiger charge is -2.05. The predicted octanol–water partition coefficient (Wildman–Crippen LogP) is 3.38. The number of amides is 1. The monoisotopic (exact) mass is 296 g/mol. The Hall–Kier alpha value is -3.13. The van der Waals surface area contributed by atoms with Crippen LogP contribution in [0.15, 0.2) is 54.1 Å². The SMILES string of the molecule is COc1ccc(NC(=O)/C(C#N)=C/c2ccc(F)cc2)cc1. The number of carbonyl (C=O) groups is 1. The second-order valence-corrected chi connectivity index (χ2v) is 4.40. The van der Waals surface area contributed by atoms with E-state index in [-0.39, 0.29) is 11.4 Å². The largest absolute Gasteiger partial charge is 0.497 e. The summed E-state index contributed by atoms with van der Waals surface area (Å²) in [5.74, 6) is -0.240. The molecule has 0 aliphatic heterocycles. The number of ether oxygens (including phenoxy) is 1. The van der Waals surface area contributed by atoms with E-state index in [0.717, 1.165) is 0 Å². The van der Waals surface area contributed by atoms with Gasteiger partial charge in [-0.1, -0.05) is 12.1 Å². The second-order valence-electron chi connectivity index (χ2n) is 4.40. The molecule has 2 rings (SSSR count). The van der Waals surface area contributed by atoms with Gasteiger partial charge in [0.05, 0.1) is 7.11 Å². The van der Waals surface area contributed by atoms with Gasteiger partial charge in [0.2, 0.25) is 0 Å². The highest BCUT2D eigenvalue weighted by Crippen LogP contribution is 2.16. The van der Waals surface area contributed by atoms with Gasteiger partial charge in [-0.25, -0.2) is 4.39 Å². The normalized spacial score (nSPS) is 10.7. The minimum atomic E-state index is -0.531. The van der Waals surface area contributed by atoms with Crippen LogP contribution >= 0.6 is 0 Å². The number of hydrogen-bond donors (Lipinski definition) is 1. The van der Waals surface area contributed by atoms with Gasteiger partial charge in [-0.05, 0) is 48.0 Å². The van der Waals surface area contributed by atoms with Crippen molar-refractivity contribution in [3.8, 4) is 11.8 Å². The van der Waals surface area contributed by atoms with Gasteiger partial charge in [0.1, 0.15) is 23.2 Å². The molecular weight excluding hydrogens is 283 g/mol. The van der Waals surface area contributed by atoms with Gasteiger partial charge >= 0.3 is 0 Å². The number of nitrogens with zero attached hydrogens (tertiary/aromatic N) is 1. The summed E-state index contributed by atoms with van der Waals surface area (Å²) in [5.41, 5.74) is 1.05. The van der Waals surface area contributed by atoms with Gasteiger partial charge in [-0.15, -0.1) is 0 Å². The average molecular weight is 296 g/mol. The van der Waals surface area contributed by atoms with Gasteiger partial charge < -0.3 is 10.1 Å². The number of halogens is 1. The van der Waals surface area contributed by atoms with Crippen molar-refractivity contribution in [2.45, 2.75) is 0 Å². The Balaban J connectivity index is 2.14. The summed E-state index contributed by atoms with van der Waals surface area (Å²) in [6, 6.07) is 14.1. The van der Waals surface area contributed by atoms with Crippen LogP contribution in [0, 0.1) is 17.1 Å². The molecule has 0 saturated heterocycles. The van der Waals surface area contributed by atoms with E-state index in [4.69, 9.17) is 10.00 Å². The lowest BCUT2D eigenvalue weighted by atomic mass is 10.1. The summed E-state index contributed by atoms with van der Waals surface area (Å²) in [6.45, 7) is 0. The van der Waals surface area contributed by atoms with E-state index in [1.807, 2.05) is 6.07 Å². The van der Waals surface area contributed by atoms with Gasteiger partial charge in [0.25, 0.3) is 5.91 Å². The molecule has 5 heteroatoms. The van der Waals surface area contributed by atoms with E-state index in [1.165, 1.54) is 30.3 Å². The number of anilines is 1. The van der Waals surface area contributed by atoms with Crippen LogP contribution in [0.3, 0.4) is 0 Å². The molecule has 0 aliphatic rings. The van der Waals surface area contributed by atoms with Crippen LogP contribution in [0.5, 0.6) is 5.75 Å². The molecule has 110 valence electrons. The highest BCUT2D eigenvalue weighted by atomic mass is 19.1. The summed E-state index contributed by atoms with van der Waals surface area (Å²) < 4.78 is 17.9. The Morgan fingerprint density at radius 2 is 1.82 bits per heavy atom. The van der Waals surface area contributed by atoms with Crippen molar-refractivity contribution in [2.24, 2.45) is 0 Å². The van der Waals surface area contributed by atoms with Crippen LogP contribution in [-0.2, 0) is 4.79 Å². The molecule has 0 atom stereocenters. The van der Waals surface area contributed by atoms with Gasteiger partial charge in [-0.3, -0.25) is 4.79 Å². The maximum Gasteiger partial charge on any atom is 0.266 e. The van der Waals surface area contributed by atoms with Crippen LogP contribution in [0.1, 0.15) is 5.56 Å². The van der Waals surface area contributed by atoms with Crippen LogP contribution < -0.4 is 10.1 Å². The summed E-state index contributed by atoms with van der Waals surface area (Å²) in [6.07, 6.45) is 1.40. The van der Waals surface area contributed by atoms with Crippen LogP contribution in [0.4, 0.5) is 10.1 Å². The molecule has 2 aromatic carbocycles. The zero-order chi connectivity index (χ0) is 15.9. The molecule has 0 spiro atoms. The molecule has 0 saturated carbocycles. The summed E-state index contributed by atoms with van der Waals surface area (Å²) >= 11 is 0. The number of benzene rings is 2. The Bertz CT molecular complexity index is 729. The summed E-state index contributed by atoms with van der Waals surface area (Å²) in [5, 5.41) is 11.7. The van der Waals surface area contributed by atoms with Crippen molar-refractivity contribution < 1.29 is 13.9 Å². The van der Waals surface area contributed by atoms with Gasteiger partial charge in [-0.2, -0.15) is 5.26 Å². The molecule has 0 fully saturated rings.